The molecule has 0 bridgehead atoms. The van der Waals surface area contributed by atoms with Crippen LogP contribution in [0.15, 0.2) is 0 Å². The van der Waals surface area contributed by atoms with Crippen LogP contribution in [0.2, 0.25) is 0 Å². The van der Waals surface area contributed by atoms with Crippen molar-refractivity contribution in [3.8, 4) is 0 Å². The Bertz CT molecular complexity index is 310. The maximum absolute atomic E-state index is 11.4. The molecule has 0 heterocycles. The number of urea groups is 1. The van der Waals surface area contributed by atoms with Crippen molar-refractivity contribution in [2.45, 2.75) is 51.6 Å². The van der Waals surface area contributed by atoms with Gasteiger partial charge in [-0.05, 0) is 25.2 Å². The van der Waals surface area contributed by atoms with E-state index in [0.29, 0.717) is 38.1 Å². The molecule has 3 N–H and O–H groups in total. The number of amides is 2. The molecule has 6 nitrogen and oxygen atoms in total. The van der Waals surface area contributed by atoms with Crippen molar-refractivity contribution in [1.29, 1.82) is 0 Å². The van der Waals surface area contributed by atoms with Crippen LogP contribution in [-0.4, -0.2) is 42.9 Å². The summed E-state index contributed by atoms with van der Waals surface area (Å²) in [5, 5.41) is 13.8. The molecule has 1 aliphatic carbocycles. The van der Waals surface area contributed by atoms with Crippen LogP contribution < -0.4 is 10.6 Å². The van der Waals surface area contributed by atoms with Gasteiger partial charge < -0.3 is 20.5 Å². The molecule has 0 radical (unpaired) electrons. The number of carboxylic acids is 1. The summed E-state index contributed by atoms with van der Waals surface area (Å²) in [4.78, 5) is 21.7. The largest absolute Gasteiger partial charge is 0.481 e. The SMILES string of the molecule is CC1CCCCC1OCCNC(=O)NCCCC(=O)O. The molecular weight excluding hydrogens is 260 g/mol. The van der Waals surface area contributed by atoms with Crippen LogP contribution in [0.4, 0.5) is 4.79 Å². The summed E-state index contributed by atoms with van der Waals surface area (Å²) in [6.45, 7) is 3.59. The third kappa shape index (κ3) is 7.33. The number of hydrogen-bond acceptors (Lipinski definition) is 3. The van der Waals surface area contributed by atoms with Crippen LogP contribution in [0, 0.1) is 5.92 Å². The summed E-state index contributed by atoms with van der Waals surface area (Å²) in [5.74, 6) is -0.240. The van der Waals surface area contributed by atoms with Crippen molar-refractivity contribution >= 4 is 12.0 Å². The van der Waals surface area contributed by atoms with Gasteiger partial charge in [0.05, 0.1) is 12.7 Å². The van der Waals surface area contributed by atoms with Gasteiger partial charge in [0.25, 0.3) is 0 Å². The van der Waals surface area contributed by atoms with Gasteiger partial charge in [0.15, 0.2) is 0 Å². The summed E-state index contributed by atoms with van der Waals surface area (Å²) in [6, 6.07) is -0.268. The summed E-state index contributed by atoms with van der Waals surface area (Å²) < 4.78 is 5.78. The Morgan fingerprint density at radius 3 is 2.60 bits per heavy atom. The smallest absolute Gasteiger partial charge is 0.314 e. The van der Waals surface area contributed by atoms with E-state index in [4.69, 9.17) is 9.84 Å². The highest BCUT2D eigenvalue weighted by atomic mass is 16.5. The summed E-state index contributed by atoms with van der Waals surface area (Å²) in [5.41, 5.74) is 0. The van der Waals surface area contributed by atoms with Gasteiger partial charge in [0.1, 0.15) is 0 Å². The van der Waals surface area contributed by atoms with E-state index in [2.05, 4.69) is 17.6 Å². The fourth-order valence-electron chi connectivity index (χ4n) is 2.41. The van der Waals surface area contributed by atoms with E-state index in [-0.39, 0.29) is 12.5 Å². The van der Waals surface area contributed by atoms with E-state index >= 15 is 0 Å². The number of hydrogen-bond donors (Lipinski definition) is 3. The zero-order valence-corrected chi connectivity index (χ0v) is 12.2. The molecule has 116 valence electrons. The highest BCUT2D eigenvalue weighted by Crippen LogP contribution is 2.25. The van der Waals surface area contributed by atoms with Crippen LogP contribution in [0.25, 0.3) is 0 Å². The molecule has 0 aliphatic heterocycles. The number of ether oxygens (including phenoxy) is 1. The second kappa shape index (κ2) is 9.58. The molecule has 6 heteroatoms. The van der Waals surface area contributed by atoms with Crippen molar-refractivity contribution in [1.82, 2.24) is 10.6 Å². The summed E-state index contributed by atoms with van der Waals surface area (Å²) >= 11 is 0. The first kappa shape index (κ1) is 16.8. The first-order valence-corrected chi connectivity index (χ1v) is 7.44. The van der Waals surface area contributed by atoms with Crippen LogP contribution >= 0.6 is 0 Å². The number of carboxylic acid groups (broad SMARTS) is 1. The standard InChI is InChI=1S/C14H26N2O4/c1-11-5-2-3-6-12(11)20-10-9-16-14(19)15-8-4-7-13(17)18/h11-12H,2-10H2,1H3,(H,17,18)(H2,15,16,19). The fourth-order valence-corrected chi connectivity index (χ4v) is 2.41. The quantitative estimate of drug-likeness (QED) is 0.593. The van der Waals surface area contributed by atoms with Crippen LogP contribution in [0.5, 0.6) is 0 Å². The van der Waals surface area contributed by atoms with Gasteiger partial charge in [-0.25, -0.2) is 4.79 Å². The molecule has 0 saturated heterocycles. The van der Waals surface area contributed by atoms with Crippen LogP contribution in [-0.2, 0) is 9.53 Å². The predicted octanol–water partition coefficient (Wildman–Crippen LogP) is 1.75. The molecule has 2 atom stereocenters. The Morgan fingerprint density at radius 2 is 1.90 bits per heavy atom. The van der Waals surface area contributed by atoms with Gasteiger partial charge >= 0.3 is 12.0 Å². The second-order valence-corrected chi connectivity index (χ2v) is 5.35. The summed E-state index contributed by atoms with van der Waals surface area (Å²) in [7, 11) is 0. The number of nitrogens with one attached hydrogen (secondary N) is 2. The van der Waals surface area contributed by atoms with E-state index < -0.39 is 5.97 Å². The van der Waals surface area contributed by atoms with Crippen LogP contribution in [0.1, 0.15) is 45.4 Å². The Labute approximate surface area is 120 Å². The van der Waals surface area contributed by atoms with E-state index in [0.717, 1.165) is 6.42 Å². The van der Waals surface area contributed by atoms with Gasteiger partial charge in [0.2, 0.25) is 0 Å². The zero-order chi connectivity index (χ0) is 14.8. The zero-order valence-electron chi connectivity index (χ0n) is 12.2. The molecule has 2 unspecified atom stereocenters. The highest BCUT2D eigenvalue weighted by Gasteiger charge is 2.21. The first-order valence-electron chi connectivity index (χ1n) is 7.44. The maximum atomic E-state index is 11.4. The van der Waals surface area contributed by atoms with E-state index in [1.54, 1.807) is 0 Å². The number of carbonyl (C=O) groups excluding carboxylic acids is 1. The lowest BCUT2D eigenvalue weighted by molar-refractivity contribution is -0.137. The van der Waals surface area contributed by atoms with Gasteiger partial charge in [-0.15, -0.1) is 0 Å². The Morgan fingerprint density at radius 1 is 1.20 bits per heavy atom. The van der Waals surface area contributed by atoms with Gasteiger partial charge in [-0.3, -0.25) is 4.79 Å². The minimum absolute atomic E-state index is 0.0724. The van der Waals surface area contributed by atoms with Crippen molar-refractivity contribution in [2.75, 3.05) is 19.7 Å². The van der Waals surface area contributed by atoms with Gasteiger partial charge in [0, 0.05) is 19.5 Å². The number of aliphatic carboxylic acids is 1. The predicted molar refractivity (Wildman–Crippen MR) is 75.6 cm³/mol. The highest BCUT2D eigenvalue weighted by molar-refractivity contribution is 5.73. The third-order valence-electron chi connectivity index (χ3n) is 3.61. The third-order valence-corrected chi connectivity index (χ3v) is 3.61. The molecule has 20 heavy (non-hydrogen) atoms. The normalized spacial score (nSPS) is 22.2. The lowest BCUT2D eigenvalue weighted by Gasteiger charge is -2.28. The molecule has 0 spiro atoms. The molecule has 1 saturated carbocycles. The van der Waals surface area contributed by atoms with Gasteiger partial charge in [-0.1, -0.05) is 19.8 Å². The van der Waals surface area contributed by atoms with E-state index in [9.17, 15) is 9.59 Å². The Hall–Kier alpha value is -1.30. The first-order chi connectivity index (χ1) is 9.59. The molecule has 0 aromatic heterocycles. The van der Waals surface area contributed by atoms with Gasteiger partial charge in [-0.2, -0.15) is 0 Å². The van der Waals surface area contributed by atoms with Crippen molar-refractivity contribution in [2.24, 2.45) is 5.92 Å². The Kier molecular flexibility index (Phi) is 8.02. The van der Waals surface area contributed by atoms with E-state index in [1.807, 2.05) is 0 Å². The molecule has 1 aliphatic rings. The lowest BCUT2D eigenvalue weighted by atomic mass is 9.88. The van der Waals surface area contributed by atoms with Crippen molar-refractivity contribution in [3.05, 3.63) is 0 Å². The lowest BCUT2D eigenvalue weighted by Crippen LogP contribution is -2.38. The molecule has 1 rings (SSSR count). The molecule has 0 aromatic rings. The summed E-state index contributed by atoms with van der Waals surface area (Å²) in [6.07, 6.45) is 5.70. The maximum Gasteiger partial charge on any atom is 0.314 e. The van der Waals surface area contributed by atoms with Crippen molar-refractivity contribution in [3.63, 3.8) is 0 Å². The molecule has 2 amide bonds. The monoisotopic (exact) mass is 286 g/mol. The average molecular weight is 286 g/mol. The number of carbonyl (C=O) groups is 2. The van der Waals surface area contributed by atoms with E-state index in [1.165, 1.54) is 19.3 Å². The molecular formula is C14H26N2O4. The fraction of sp³-hybridized carbons (Fsp3) is 0.857. The minimum atomic E-state index is -0.845. The van der Waals surface area contributed by atoms with Crippen molar-refractivity contribution < 1.29 is 19.4 Å². The molecule has 1 fully saturated rings. The Balaban J connectivity index is 1.97. The minimum Gasteiger partial charge on any atom is -0.481 e. The second-order valence-electron chi connectivity index (χ2n) is 5.35. The van der Waals surface area contributed by atoms with Crippen LogP contribution in [0.3, 0.4) is 0 Å². The average Bonchev–Trinajstić information content (AvgIpc) is 2.41. The number of rotatable bonds is 8. The topological polar surface area (TPSA) is 87.7 Å². The molecule has 0 aromatic carbocycles.